The molecule has 3 aromatic rings. The number of nitrogens with zero attached hydrogens (tertiary/aromatic N) is 1. The van der Waals surface area contributed by atoms with Crippen LogP contribution in [0.1, 0.15) is 23.6 Å². The predicted molar refractivity (Wildman–Crippen MR) is 80.9 cm³/mol. The lowest BCUT2D eigenvalue weighted by atomic mass is 10.00. The average Bonchev–Trinajstić information content (AvgIpc) is 3.00. The summed E-state index contributed by atoms with van der Waals surface area (Å²) < 4.78 is 42.1. The Kier molecular flexibility index (Phi) is 2.68. The highest BCUT2D eigenvalue weighted by Crippen LogP contribution is 2.45. The van der Waals surface area contributed by atoms with E-state index >= 15 is 0 Å². The maximum atomic E-state index is 13.4. The van der Waals surface area contributed by atoms with E-state index in [-0.39, 0.29) is 0 Å². The van der Waals surface area contributed by atoms with Crippen molar-refractivity contribution in [2.24, 2.45) is 0 Å². The van der Waals surface area contributed by atoms with Crippen LogP contribution >= 0.6 is 0 Å². The van der Waals surface area contributed by atoms with Gasteiger partial charge < -0.3 is 4.57 Å². The molecule has 0 amide bonds. The lowest BCUT2D eigenvalue weighted by Crippen LogP contribution is -2.08. The second-order valence-electron chi connectivity index (χ2n) is 5.62. The molecule has 0 unspecified atom stereocenters. The van der Waals surface area contributed by atoms with Crippen LogP contribution in [-0.4, -0.2) is 4.57 Å². The molecule has 0 fully saturated rings. The summed E-state index contributed by atoms with van der Waals surface area (Å²) in [5.74, 6) is 0. The van der Waals surface area contributed by atoms with Crippen LogP contribution in [0.2, 0.25) is 0 Å². The quantitative estimate of drug-likeness (QED) is 0.452. The van der Waals surface area contributed by atoms with Gasteiger partial charge in [-0.1, -0.05) is 43.3 Å². The van der Waals surface area contributed by atoms with Gasteiger partial charge in [0.05, 0.1) is 16.8 Å². The Labute approximate surface area is 126 Å². The topological polar surface area (TPSA) is 4.93 Å². The van der Waals surface area contributed by atoms with E-state index in [1.165, 1.54) is 12.1 Å². The minimum atomic E-state index is -4.34. The van der Waals surface area contributed by atoms with Crippen molar-refractivity contribution in [3.8, 4) is 11.3 Å². The third-order valence-corrected chi connectivity index (χ3v) is 4.45. The number of benzene rings is 2. The predicted octanol–water partition coefficient (Wildman–Crippen LogP) is 5.25. The van der Waals surface area contributed by atoms with Gasteiger partial charge in [0.15, 0.2) is 0 Å². The van der Waals surface area contributed by atoms with Gasteiger partial charge in [0.25, 0.3) is 0 Å². The van der Waals surface area contributed by atoms with Crippen LogP contribution < -0.4 is 0 Å². The molecule has 0 saturated carbocycles. The fourth-order valence-electron chi connectivity index (χ4n) is 3.59. The molecule has 0 bridgehead atoms. The lowest BCUT2D eigenvalue weighted by molar-refractivity contribution is -0.136. The van der Waals surface area contributed by atoms with E-state index in [1.54, 1.807) is 6.07 Å². The van der Waals surface area contributed by atoms with Crippen molar-refractivity contribution in [3.63, 3.8) is 0 Å². The van der Waals surface area contributed by atoms with Crippen molar-refractivity contribution >= 4 is 10.9 Å². The second-order valence-corrected chi connectivity index (χ2v) is 5.62. The third-order valence-electron chi connectivity index (χ3n) is 4.45. The molecular weight excluding hydrogens is 287 g/mol. The highest BCUT2D eigenvalue weighted by Gasteiger charge is 2.36. The first-order chi connectivity index (χ1) is 10.5. The molecule has 4 heteroatoms. The summed E-state index contributed by atoms with van der Waals surface area (Å²) in [5.41, 5.74) is 3.88. The molecule has 0 atom stereocenters. The number of hydrogen-bond acceptors (Lipinski definition) is 0. The highest BCUT2D eigenvalue weighted by atomic mass is 19.4. The van der Waals surface area contributed by atoms with Gasteiger partial charge in [0.1, 0.15) is 0 Å². The molecule has 0 spiro atoms. The van der Waals surface area contributed by atoms with E-state index in [9.17, 15) is 13.2 Å². The number of hydrogen-bond donors (Lipinski definition) is 0. The standard InChI is InChI=1S/C18H14F3N/c1-2-12-14-8-5-9-15(18(19,20)21)17(14)22-10-11-6-3-4-7-13(11)16(12)22/h3-9H,2,10H2,1H3. The Hall–Kier alpha value is -2.23. The molecule has 112 valence electrons. The minimum absolute atomic E-state index is 0.318. The average molecular weight is 301 g/mol. The van der Waals surface area contributed by atoms with E-state index < -0.39 is 11.7 Å². The van der Waals surface area contributed by atoms with Crippen molar-refractivity contribution < 1.29 is 13.2 Å². The molecule has 2 heterocycles. The first-order valence-electron chi connectivity index (χ1n) is 7.32. The number of alkyl halides is 3. The van der Waals surface area contributed by atoms with E-state index in [4.69, 9.17) is 0 Å². The van der Waals surface area contributed by atoms with Crippen molar-refractivity contribution in [3.05, 3.63) is 59.2 Å². The monoisotopic (exact) mass is 301 g/mol. The van der Waals surface area contributed by atoms with Gasteiger partial charge in [-0.2, -0.15) is 13.2 Å². The molecular formula is C18H14F3N. The summed E-state index contributed by atoms with van der Waals surface area (Å²) in [6.07, 6.45) is -3.62. The summed E-state index contributed by atoms with van der Waals surface area (Å²) in [6.45, 7) is 2.51. The third kappa shape index (κ3) is 1.67. The van der Waals surface area contributed by atoms with Crippen LogP contribution in [0.15, 0.2) is 42.5 Å². The van der Waals surface area contributed by atoms with Gasteiger partial charge in [-0.05, 0) is 23.6 Å². The van der Waals surface area contributed by atoms with Crippen LogP contribution in [0.25, 0.3) is 22.2 Å². The Morgan fingerprint density at radius 2 is 1.82 bits per heavy atom. The van der Waals surface area contributed by atoms with Crippen LogP contribution in [0.4, 0.5) is 13.2 Å². The van der Waals surface area contributed by atoms with Gasteiger partial charge in [0.2, 0.25) is 0 Å². The van der Waals surface area contributed by atoms with Gasteiger partial charge >= 0.3 is 6.18 Å². The van der Waals surface area contributed by atoms with Crippen LogP contribution in [-0.2, 0) is 19.1 Å². The van der Waals surface area contributed by atoms with Crippen LogP contribution in [0, 0.1) is 0 Å². The Morgan fingerprint density at radius 3 is 2.55 bits per heavy atom. The first kappa shape index (κ1) is 13.4. The maximum Gasteiger partial charge on any atom is 0.418 e. The number of aryl methyl sites for hydroxylation is 1. The number of halogens is 3. The van der Waals surface area contributed by atoms with Crippen LogP contribution in [0.5, 0.6) is 0 Å². The van der Waals surface area contributed by atoms with E-state index in [1.807, 2.05) is 35.8 Å². The van der Waals surface area contributed by atoms with E-state index in [0.29, 0.717) is 18.5 Å². The normalized spacial score (nSPS) is 13.5. The molecule has 22 heavy (non-hydrogen) atoms. The minimum Gasteiger partial charge on any atom is -0.335 e. The van der Waals surface area contributed by atoms with Gasteiger partial charge in [0, 0.05) is 17.5 Å². The van der Waals surface area contributed by atoms with Crippen molar-refractivity contribution in [2.75, 3.05) is 0 Å². The molecule has 4 rings (SSSR count). The van der Waals surface area contributed by atoms with Crippen molar-refractivity contribution in [1.82, 2.24) is 4.57 Å². The zero-order valence-corrected chi connectivity index (χ0v) is 12.0. The summed E-state index contributed by atoms with van der Waals surface area (Å²) in [7, 11) is 0. The summed E-state index contributed by atoms with van der Waals surface area (Å²) in [5, 5.41) is 0.724. The number of aromatic nitrogens is 1. The fourth-order valence-corrected chi connectivity index (χ4v) is 3.59. The van der Waals surface area contributed by atoms with Gasteiger partial charge in [-0.3, -0.25) is 0 Å². The number of para-hydroxylation sites is 1. The summed E-state index contributed by atoms with van der Waals surface area (Å²) >= 11 is 0. The Morgan fingerprint density at radius 1 is 1.05 bits per heavy atom. The molecule has 1 aliphatic heterocycles. The van der Waals surface area contributed by atoms with E-state index in [2.05, 4.69) is 0 Å². The lowest BCUT2D eigenvalue weighted by Gasteiger charge is -2.11. The van der Waals surface area contributed by atoms with Gasteiger partial charge in [-0.25, -0.2) is 0 Å². The summed E-state index contributed by atoms with van der Waals surface area (Å²) in [6, 6.07) is 12.4. The fraction of sp³-hybridized carbons (Fsp3) is 0.222. The SMILES string of the molecule is CCc1c2n(c3c(C(F)(F)F)cccc13)Cc1ccccc1-2. The maximum absolute atomic E-state index is 13.4. The molecule has 2 aromatic carbocycles. The largest absolute Gasteiger partial charge is 0.418 e. The molecule has 0 N–H and O–H groups in total. The highest BCUT2D eigenvalue weighted by molar-refractivity contribution is 5.96. The van der Waals surface area contributed by atoms with Crippen molar-refractivity contribution in [1.29, 1.82) is 0 Å². The summed E-state index contributed by atoms with van der Waals surface area (Å²) in [4.78, 5) is 0. The molecule has 0 saturated heterocycles. The Bertz CT molecular complexity index is 887. The smallest absolute Gasteiger partial charge is 0.335 e. The van der Waals surface area contributed by atoms with E-state index in [0.717, 1.165) is 27.8 Å². The molecule has 1 nitrogen and oxygen atoms in total. The Balaban J connectivity index is 2.15. The van der Waals surface area contributed by atoms with Crippen molar-refractivity contribution in [2.45, 2.75) is 26.1 Å². The molecule has 0 aliphatic carbocycles. The number of fused-ring (bicyclic) bond motifs is 5. The van der Waals surface area contributed by atoms with Gasteiger partial charge in [-0.15, -0.1) is 0 Å². The molecule has 1 aliphatic rings. The zero-order valence-electron chi connectivity index (χ0n) is 12.0. The number of rotatable bonds is 1. The first-order valence-corrected chi connectivity index (χ1v) is 7.32. The zero-order chi connectivity index (χ0) is 15.5. The van der Waals surface area contributed by atoms with Crippen LogP contribution in [0.3, 0.4) is 0 Å². The molecule has 1 aromatic heterocycles. The second kappa shape index (κ2) is 4.38. The molecule has 0 radical (unpaired) electrons.